The van der Waals surface area contributed by atoms with Gasteiger partial charge in [0.1, 0.15) is 0 Å². The Balaban J connectivity index is 0.00000261. The van der Waals surface area contributed by atoms with Crippen LogP contribution < -0.4 is 10.6 Å². The molecule has 0 radical (unpaired) electrons. The third-order valence-electron chi connectivity index (χ3n) is 4.98. The molecule has 2 fully saturated rings. The van der Waals surface area contributed by atoms with E-state index in [-0.39, 0.29) is 36.3 Å². The van der Waals surface area contributed by atoms with Gasteiger partial charge in [0.25, 0.3) is 5.91 Å². The lowest BCUT2D eigenvalue weighted by Crippen LogP contribution is -2.43. The molecule has 2 amide bonds. The number of hydrogen-bond acceptors (Lipinski definition) is 4. The third kappa shape index (κ3) is 5.82. The van der Waals surface area contributed by atoms with Crippen LogP contribution >= 0.6 is 24.0 Å². The van der Waals surface area contributed by atoms with Gasteiger partial charge in [-0.3, -0.25) is 9.59 Å². The monoisotopic (exact) mass is 415 g/mol. The summed E-state index contributed by atoms with van der Waals surface area (Å²) in [4.78, 5) is 26.8. The van der Waals surface area contributed by atoms with Crippen LogP contribution in [0.2, 0.25) is 5.02 Å². The van der Waals surface area contributed by atoms with Crippen molar-refractivity contribution >= 4 is 41.5 Å². The van der Waals surface area contributed by atoms with E-state index in [1.165, 1.54) is 0 Å². The molecule has 8 heteroatoms. The smallest absolute Gasteiger partial charge is 0.255 e. The van der Waals surface area contributed by atoms with Gasteiger partial charge in [-0.15, -0.1) is 12.4 Å². The number of benzene rings is 1. The Morgan fingerprint density at radius 1 is 1.37 bits per heavy atom. The lowest BCUT2D eigenvalue weighted by Gasteiger charge is -2.33. The predicted octanol–water partition coefficient (Wildman–Crippen LogP) is 3.09. The first-order valence-corrected chi connectivity index (χ1v) is 9.64. The standard InChI is InChI=1S/C19H26ClN3O3.ClH/c1-13-4-2-3-8-23(13)19(25)16-6-5-14(10-17(16)20)22-18(24)11-15-12-26-9-7-21-15;/h5-6,10,13,15,21H,2-4,7-9,11-12H2,1H3,(H,22,24);1H. The summed E-state index contributed by atoms with van der Waals surface area (Å²) >= 11 is 6.34. The molecule has 0 aromatic heterocycles. The number of rotatable bonds is 4. The Hall–Kier alpha value is -1.34. The van der Waals surface area contributed by atoms with Crippen molar-refractivity contribution in [2.45, 2.75) is 44.7 Å². The summed E-state index contributed by atoms with van der Waals surface area (Å²) in [7, 11) is 0. The van der Waals surface area contributed by atoms with E-state index >= 15 is 0 Å². The van der Waals surface area contributed by atoms with Gasteiger partial charge in [0.15, 0.2) is 0 Å². The van der Waals surface area contributed by atoms with E-state index in [0.29, 0.717) is 35.9 Å². The van der Waals surface area contributed by atoms with E-state index < -0.39 is 0 Å². The summed E-state index contributed by atoms with van der Waals surface area (Å²) in [6, 6.07) is 5.34. The van der Waals surface area contributed by atoms with E-state index in [9.17, 15) is 9.59 Å². The molecule has 6 nitrogen and oxygen atoms in total. The molecule has 2 atom stereocenters. The van der Waals surface area contributed by atoms with Crippen LogP contribution in [0.1, 0.15) is 43.0 Å². The van der Waals surface area contributed by atoms with E-state index in [4.69, 9.17) is 16.3 Å². The Morgan fingerprint density at radius 2 is 2.19 bits per heavy atom. The highest BCUT2D eigenvalue weighted by atomic mass is 35.5. The predicted molar refractivity (Wildman–Crippen MR) is 109 cm³/mol. The van der Waals surface area contributed by atoms with Gasteiger partial charge in [-0.2, -0.15) is 0 Å². The van der Waals surface area contributed by atoms with Gasteiger partial charge in [-0.25, -0.2) is 0 Å². The first-order chi connectivity index (χ1) is 12.5. The average molecular weight is 416 g/mol. The van der Waals surface area contributed by atoms with Crippen molar-refractivity contribution in [3.63, 3.8) is 0 Å². The summed E-state index contributed by atoms with van der Waals surface area (Å²) in [6.45, 7) is 4.82. The SMILES string of the molecule is CC1CCCCN1C(=O)c1ccc(NC(=O)CC2COCCN2)cc1Cl.Cl. The summed E-state index contributed by atoms with van der Waals surface area (Å²) in [5.41, 5.74) is 1.08. The number of piperidine rings is 1. The maximum atomic E-state index is 12.8. The number of amides is 2. The lowest BCUT2D eigenvalue weighted by molar-refractivity contribution is -0.117. The molecular weight excluding hydrogens is 389 g/mol. The fraction of sp³-hybridized carbons (Fsp3) is 0.579. The molecule has 2 aliphatic heterocycles. The van der Waals surface area contributed by atoms with Crippen LogP contribution in [0.4, 0.5) is 5.69 Å². The number of likely N-dealkylation sites (tertiary alicyclic amines) is 1. The van der Waals surface area contributed by atoms with Crippen LogP contribution in [0.25, 0.3) is 0 Å². The Bertz CT molecular complexity index is 666. The number of nitrogens with one attached hydrogen (secondary N) is 2. The van der Waals surface area contributed by atoms with Gasteiger partial charge >= 0.3 is 0 Å². The first-order valence-electron chi connectivity index (χ1n) is 9.26. The molecule has 0 aliphatic carbocycles. The number of nitrogens with zero attached hydrogens (tertiary/aromatic N) is 1. The highest BCUT2D eigenvalue weighted by Crippen LogP contribution is 2.26. The zero-order valence-corrected chi connectivity index (χ0v) is 17.1. The number of anilines is 1. The number of halogens is 2. The number of carbonyl (C=O) groups excluding carboxylic acids is 2. The van der Waals surface area contributed by atoms with Crippen molar-refractivity contribution in [2.24, 2.45) is 0 Å². The van der Waals surface area contributed by atoms with Gasteiger partial charge < -0.3 is 20.3 Å². The molecule has 0 bridgehead atoms. The molecule has 0 saturated carbocycles. The Kier molecular flexibility index (Phi) is 8.35. The van der Waals surface area contributed by atoms with E-state index in [1.54, 1.807) is 18.2 Å². The Labute approximate surface area is 171 Å². The fourth-order valence-corrected chi connectivity index (χ4v) is 3.77. The quantitative estimate of drug-likeness (QED) is 0.792. The maximum absolute atomic E-state index is 12.8. The van der Waals surface area contributed by atoms with Crippen LogP contribution in [0.15, 0.2) is 18.2 Å². The van der Waals surface area contributed by atoms with Gasteiger partial charge in [0.05, 0.1) is 23.8 Å². The zero-order chi connectivity index (χ0) is 18.5. The van der Waals surface area contributed by atoms with Crippen LogP contribution in [-0.4, -0.2) is 55.1 Å². The van der Waals surface area contributed by atoms with Gasteiger partial charge in [-0.05, 0) is 44.4 Å². The minimum Gasteiger partial charge on any atom is -0.378 e. The van der Waals surface area contributed by atoms with Crippen molar-refractivity contribution in [3.05, 3.63) is 28.8 Å². The maximum Gasteiger partial charge on any atom is 0.255 e. The molecule has 27 heavy (non-hydrogen) atoms. The molecule has 150 valence electrons. The van der Waals surface area contributed by atoms with Crippen LogP contribution in [-0.2, 0) is 9.53 Å². The molecular formula is C19H27Cl2N3O3. The van der Waals surface area contributed by atoms with Crippen LogP contribution in [0, 0.1) is 0 Å². The highest BCUT2D eigenvalue weighted by molar-refractivity contribution is 6.34. The molecule has 3 rings (SSSR count). The number of morpholine rings is 1. The molecule has 2 unspecified atom stereocenters. The minimum absolute atomic E-state index is 0. The van der Waals surface area contributed by atoms with Crippen molar-refractivity contribution < 1.29 is 14.3 Å². The second-order valence-corrected chi connectivity index (χ2v) is 7.42. The second kappa shape index (κ2) is 10.3. The summed E-state index contributed by atoms with van der Waals surface area (Å²) in [5.74, 6) is -0.142. The molecule has 2 heterocycles. The van der Waals surface area contributed by atoms with Crippen molar-refractivity contribution in [1.29, 1.82) is 0 Å². The number of hydrogen-bond donors (Lipinski definition) is 2. The Morgan fingerprint density at radius 3 is 2.85 bits per heavy atom. The second-order valence-electron chi connectivity index (χ2n) is 7.02. The van der Waals surface area contributed by atoms with Crippen molar-refractivity contribution in [2.75, 3.05) is 31.6 Å². The van der Waals surface area contributed by atoms with Gasteiger partial charge in [0, 0.05) is 37.3 Å². The zero-order valence-electron chi connectivity index (χ0n) is 15.5. The molecule has 2 aliphatic rings. The molecule has 2 N–H and O–H groups in total. The number of ether oxygens (including phenoxy) is 1. The summed E-state index contributed by atoms with van der Waals surface area (Å²) in [6.07, 6.45) is 3.55. The first kappa shape index (κ1) is 22.0. The van der Waals surface area contributed by atoms with E-state index in [0.717, 1.165) is 32.4 Å². The van der Waals surface area contributed by atoms with Crippen LogP contribution in [0.3, 0.4) is 0 Å². The third-order valence-corrected chi connectivity index (χ3v) is 5.29. The lowest BCUT2D eigenvalue weighted by atomic mass is 10.0. The van der Waals surface area contributed by atoms with Gasteiger partial charge in [0.2, 0.25) is 5.91 Å². The normalized spacial score (nSPS) is 22.7. The average Bonchev–Trinajstić information content (AvgIpc) is 2.62. The summed E-state index contributed by atoms with van der Waals surface area (Å²) in [5, 5.41) is 6.46. The minimum atomic E-state index is -0.104. The van der Waals surface area contributed by atoms with E-state index in [1.807, 2.05) is 4.90 Å². The van der Waals surface area contributed by atoms with Crippen molar-refractivity contribution in [1.82, 2.24) is 10.2 Å². The summed E-state index contributed by atoms with van der Waals surface area (Å²) < 4.78 is 5.35. The number of carbonyl (C=O) groups is 2. The molecule has 1 aromatic carbocycles. The van der Waals surface area contributed by atoms with Crippen LogP contribution in [0.5, 0.6) is 0 Å². The molecule has 1 aromatic rings. The van der Waals surface area contributed by atoms with Gasteiger partial charge in [-0.1, -0.05) is 11.6 Å². The highest BCUT2D eigenvalue weighted by Gasteiger charge is 2.26. The molecule has 2 saturated heterocycles. The fourth-order valence-electron chi connectivity index (χ4n) is 3.51. The molecule has 0 spiro atoms. The largest absolute Gasteiger partial charge is 0.378 e. The topological polar surface area (TPSA) is 70.7 Å². The van der Waals surface area contributed by atoms with E-state index in [2.05, 4.69) is 17.6 Å². The van der Waals surface area contributed by atoms with Crippen molar-refractivity contribution in [3.8, 4) is 0 Å².